The lowest BCUT2D eigenvalue weighted by atomic mass is 10.2. The predicted molar refractivity (Wildman–Crippen MR) is 70.1 cm³/mol. The van der Waals surface area contributed by atoms with E-state index in [4.69, 9.17) is 4.74 Å². The first kappa shape index (κ1) is 14.0. The van der Waals surface area contributed by atoms with E-state index in [9.17, 15) is 14.7 Å². The molecule has 1 saturated heterocycles. The molecule has 1 aliphatic heterocycles. The summed E-state index contributed by atoms with van der Waals surface area (Å²) in [6, 6.07) is 3.17. The van der Waals surface area contributed by atoms with Crippen LogP contribution in [0, 0.1) is 0 Å². The molecule has 1 aliphatic rings. The number of carbonyl (C=O) groups excluding carboxylic acids is 2. The van der Waals surface area contributed by atoms with Gasteiger partial charge >= 0.3 is 0 Å². The van der Waals surface area contributed by atoms with Crippen LogP contribution in [0.4, 0.5) is 0 Å². The summed E-state index contributed by atoms with van der Waals surface area (Å²) in [6.45, 7) is 1.04. The molecule has 6 nitrogen and oxygen atoms in total. The van der Waals surface area contributed by atoms with Crippen molar-refractivity contribution in [3.8, 4) is 0 Å². The van der Waals surface area contributed by atoms with Gasteiger partial charge in [-0.2, -0.15) is 0 Å². The fourth-order valence-electron chi connectivity index (χ4n) is 1.89. The molecule has 104 valence electrons. The number of amides is 2. The molecule has 2 rings (SSSR count). The molecule has 0 bridgehead atoms. The quantitative estimate of drug-likeness (QED) is 0.795. The zero-order valence-electron chi connectivity index (χ0n) is 10.4. The van der Waals surface area contributed by atoms with Crippen molar-refractivity contribution in [2.75, 3.05) is 32.9 Å². The summed E-state index contributed by atoms with van der Waals surface area (Å²) in [4.78, 5) is 25.8. The molecule has 2 N–H and O–H groups in total. The van der Waals surface area contributed by atoms with Crippen LogP contribution in [0.25, 0.3) is 0 Å². The van der Waals surface area contributed by atoms with Crippen molar-refractivity contribution in [3.63, 3.8) is 0 Å². The molecule has 2 heterocycles. The van der Waals surface area contributed by atoms with Crippen molar-refractivity contribution in [1.29, 1.82) is 0 Å². The number of aliphatic hydroxyl groups is 1. The van der Waals surface area contributed by atoms with Gasteiger partial charge in [-0.1, -0.05) is 6.07 Å². The van der Waals surface area contributed by atoms with Gasteiger partial charge in [-0.05, 0) is 11.4 Å². The fraction of sp³-hybridized carbons (Fsp3) is 0.500. The van der Waals surface area contributed by atoms with Crippen molar-refractivity contribution >= 4 is 23.2 Å². The average Bonchev–Trinajstić information content (AvgIpc) is 2.98. The van der Waals surface area contributed by atoms with Gasteiger partial charge in [0.2, 0.25) is 5.91 Å². The third-order valence-electron chi connectivity index (χ3n) is 2.90. The number of ether oxygens (including phenoxy) is 1. The molecule has 0 aromatic carbocycles. The Hall–Kier alpha value is -1.44. The van der Waals surface area contributed by atoms with Crippen molar-refractivity contribution < 1.29 is 19.4 Å². The molecule has 0 saturated carbocycles. The van der Waals surface area contributed by atoms with Crippen LogP contribution >= 0.6 is 11.3 Å². The number of thiophene rings is 1. The van der Waals surface area contributed by atoms with Gasteiger partial charge in [0.25, 0.3) is 5.91 Å². The minimum Gasteiger partial charge on any atom is -0.394 e. The van der Waals surface area contributed by atoms with Gasteiger partial charge in [-0.15, -0.1) is 11.3 Å². The number of nitrogens with one attached hydrogen (secondary N) is 1. The molecule has 1 aromatic heterocycles. The van der Waals surface area contributed by atoms with E-state index in [1.807, 2.05) is 0 Å². The van der Waals surface area contributed by atoms with Gasteiger partial charge in [-0.25, -0.2) is 0 Å². The van der Waals surface area contributed by atoms with Crippen LogP contribution in [0.15, 0.2) is 17.5 Å². The summed E-state index contributed by atoms with van der Waals surface area (Å²) in [5.74, 6) is -0.454. The standard InChI is InChI=1S/C12H16N2O4S/c15-7-9-8-18-4-3-14(9)11(16)6-13-12(17)10-2-1-5-19-10/h1-2,5,9,15H,3-4,6-8H2,(H,13,17). The molecule has 1 atom stereocenters. The average molecular weight is 284 g/mol. The molecule has 19 heavy (non-hydrogen) atoms. The lowest BCUT2D eigenvalue weighted by molar-refractivity contribution is -0.140. The van der Waals surface area contributed by atoms with E-state index in [0.29, 0.717) is 24.6 Å². The SMILES string of the molecule is O=C(NCC(=O)N1CCOCC1CO)c1cccs1. The Bertz CT molecular complexity index is 435. The molecule has 1 fully saturated rings. The van der Waals surface area contributed by atoms with E-state index in [1.54, 1.807) is 22.4 Å². The largest absolute Gasteiger partial charge is 0.394 e. The smallest absolute Gasteiger partial charge is 0.261 e. The highest BCUT2D eigenvalue weighted by Gasteiger charge is 2.26. The first-order valence-corrected chi connectivity index (χ1v) is 6.90. The second-order valence-electron chi connectivity index (χ2n) is 4.16. The Labute approximate surface area is 115 Å². The summed E-state index contributed by atoms with van der Waals surface area (Å²) in [5.41, 5.74) is 0. The first-order chi connectivity index (χ1) is 9.22. The molecule has 0 spiro atoms. The van der Waals surface area contributed by atoms with Crippen LogP contribution in [0.3, 0.4) is 0 Å². The Balaban J connectivity index is 1.85. The molecule has 0 radical (unpaired) electrons. The normalized spacial score (nSPS) is 19.2. The Kier molecular flexibility index (Phi) is 4.89. The van der Waals surface area contributed by atoms with Crippen LogP contribution in [-0.4, -0.2) is 60.8 Å². The van der Waals surface area contributed by atoms with Crippen LogP contribution < -0.4 is 5.32 Å². The molecule has 7 heteroatoms. The number of carbonyl (C=O) groups is 2. The lowest BCUT2D eigenvalue weighted by Crippen LogP contribution is -2.53. The molecule has 2 amide bonds. The maximum atomic E-state index is 12.0. The number of hydrogen-bond acceptors (Lipinski definition) is 5. The summed E-state index contributed by atoms with van der Waals surface area (Å²) >= 11 is 1.33. The van der Waals surface area contributed by atoms with Gasteiger partial charge in [0, 0.05) is 6.54 Å². The van der Waals surface area contributed by atoms with Crippen molar-refractivity contribution in [2.24, 2.45) is 0 Å². The van der Waals surface area contributed by atoms with Crippen LogP contribution in [0.1, 0.15) is 9.67 Å². The molecular formula is C12H16N2O4S. The van der Waals surface area contributed by atoms with Gasteiger partial charge in [0.1, 0.15) is 0 Å². The van der Waals surface area contributed by atoms with Crippen LogP contribution in [0.5, 0.6) is 0 Å². The summed E-state index contributed by atoms with van der Waals surface area (Å²) in [6.07, 6.45) is 0. The van der Waals surface area contributed by atoms with E-state index >= 15 is 0 Å². The Morgan fingerprint density at radius 3 is 3.11 bits per heavy atom. The lowest BCUT2D eigenvalue weighted by Gasteiger charge is -2.34. The van der Waals surface area contributed by atoms with E-state index in [-0.39, 0.29) is 31.0 Å². The van der Waals surface area contributed by atoms with Gasteiger partial charge < -0.3 is 20.1 Å². The minimum absolute atomic E-state index is 0.0623. The highest BCUT2D eigenvalue weighted by atomic mass is 32.1. The van der Waals surface area contributed by atoms with Gasteiger partial charge in [0.15, 0.2) is 0 Å². The second-order valence-corrected chi connectivity index (χ2v) is 5.11. The van der Waals surface area contributed by atoms with E-state index in [1.165, 1.54) is 11.3 Å². The number of morpholine rings is 1. The summed E-state index contributed by atoms with van der Waals surface area (Å²) in [5, 5.41) is 13.6. The van der Waals surface area contributed by atoms with Crippen molar-refractivity contribution in [1.82, 2.24) is 10.2 Å². The van der Waals surface area contributed by atoms with Gasteiger partial charge in [0.05, 0.1) is 37.3 Å². The molecule has 1 aromatic rings. The number of nitrogens with zero attached hydrogens (tertiary/aromatic N) is 1. The highest BCUT2D eigenvalue weighted by Crippen LogP contribution is 2.09. The summed E-state index contributed by atoms with van der Waals surface area (Å²) < 4.78 is 5.20. The fourth-order valence-corrected chi connectivity index (χ4v) is 2.53. The number of rotatable bonds is 4. The highest BCUT2D eigenvalue weighted by molar-refractivity contribution is 7.12. The maximum Gasteiger partial charge on any atom is 0.261 e. The summed E-state index contributed by atoms with van der Waals surface area (Å²) in [7, 11) is 0. The van der Waals surface area contributed by atoms with E-state index in [2.05, 4.69) is 5.32 Å². The monoisotopic (exact) mass is 284 g/mol. The zero-order chi connectivity index (χ0) is 13.7. The van der Waals surface area contributed by atoms with Crippen molar-refractivity contribution in [3.05, 3.63) is 22.4 Å². The third kappa shape index (κ3) is 3.52. The number of hydrogen-bond donors (Lipinski definition) is 2. The Morgan fingerprint density at radius 1 is 1.58 bits per heavy atom. The van der Waals surface area contributed by atoms with E-state index < -0.39 is 0 Å². The van der Waals surface area contributed by atoms with Gasteiger partial charge in [-0.3, -0.25) is 9.59 Å². The first-order valence-electron chi connectivity index (χ1n) is 6.02. The van der Waals surface area contributed by atoms with Crippen molar-refractivity contribution in [2.45, 2.75) is 6.04 Å². The van der Waals surface area contributed by atoms with Crippen LogP contribution in [0.2, 0.25) is 0 Å². The molecular weight excluding hydrogens is 268 g/mol. The Morgan fingerprint density at radius 2 is 2.42 bits per heavy atom. The second kappa shape index (κ2) is 6.65. The predicted octanol–water partition coefficient (Wildman–Crippen LogP) is -0.302. The maximum absolute atomic E-state index is 12.0. The van der Waals surface area contributed by atoms with E-state index in [0.717, 1.165) is 0 Å². The topological polar surface area (TPSA) is 78.9 Å². The third-order valence-corrected chi connectivity index (χ3v) is 3.77. The molecule has 1 unspecified atom stereocenters. The number of aliphatic hydroxyl groups excluding tert-OH is 1. The van der Waals surface area contributed by atoms with Crippen LogP contribution in [-0.2, 0) is 9.53 Å². The zero-order valence-corrected chi connectivity index (χ0v) is 11.2. The minimum atomic E-state index is -0.320. The molecule has 0 aliphatic carbocycles.